The zero-order chi connectivity index (χ0) is 27.3. The molecule has 5 aliphatic carbocycles. The molecule has 1 aromatic rings. The number of carboxylic acid groups (broad SMARTS) is 1. The lowest BCUT2D eigenvalue weighted by Crippen LogP contribution is -2.67. The summed E-state index contributed by atoms with van der Waals surface area (Å²) in [6, 6.07) is 7.64. The minimum Gasteiger partial charge on any atom is -0.478 e. The summed E-state index contributed by atoms with van der Waals surface area (Å²) in [6.45, 7) is 13.1. The zero-order valence-corrected chi connectivity index (χ0v) is 25.1. The molecule has 38 heavy (non-hydrogen) atoms. The van der Waals surface area contributed by atoms with E-state index in [-0.39, 0.29) is 5.41 Å². The van der Waals surface area contributed by atoms with Gasteiger partial charge in [0, 0.05) is 5.54 Å². The molecule has 6 rings (SSSR count). The first-order valence-electron chi connectivity index (χ1n) is 15.5. The van der Waals surface area contributed by atoms with E-state index in [0.717, 1.165) is 24.2 Å². The maximum Gasteiger partial charge on any atom is 0.335 e. The van der Waals surface area contributed by atoms with Gasteiger partial charge in [0.1, 0.15) is 0 Å². The molecule has 0 bridgehead atoms. The summed E-state index contributed by atoms with van der Waals surface area (Å²) in [5, 5.41) is 9.39. The molecule has 3 heteroatoms. The van der Waals surface area contributed by atoms with Gasteiger partial charge in [-0.05, 0) is 140 Å². The fourth-order valence-electron chi connectivity index (χ4n) is 12.2. The van der Waals surface area contributed by atoms with E-state index < -0.39 is 5.97 Å². The number of allylic oxidation sites excluding steroid dienone is 2. The Balaban J connectivity index is 1.35. The summed E-state index contributed by atoms with van der Waals surface area (Å²) in [7, 11) is 4.73. The average Bonchev–Trinajstić information content (AvgIpc) is 3.30. The lowest BCUT2D eigenvalue weighted by molar-refractivity contribution is -0.222. The Bertz CT molecular complexity index is 1150. The van der Waals surface area contributed by atoms with Crippen molar-refractivity contribution < 1.29 is 9.90 Å². The minimum absolute atomic E-state index is 0.0783. The maximum absolute atomic E-state index is 11.4. The largest absolute Gasteiger partial charge is 0.478 e. The van der Waals surface area contributed by atoms with Crippen molar-refractivity contribution in [3.63, 3.8) is 0 Å². The van der Waals surface area contributed by atoms with Gasteiger partial charge in [0.05, 0.1) is 5.56 Å². The van der Waals surface area contributed by atoms with Gasteiger partial charge < -0.3 is 10.0 Å². The SMILES string of the molecule is CN(C)C12CCCC1C1CCC3C4(C)CC=C(c5ccc(C(=O)O)cc5)C(C)(C)C4CCC3(C)[C@]1(C)CC2. The first-order valence-corrected chi connectivity index (χ1v) is 15.5. The second kappa shape index (κ2) is 8.45. The Morgan fingerprint density at radius 3 is 2.18 bits per heavy atom. The van der Waals surface area contributed by atoms with E-state index in [1.807, 2.05) is 12.1 Å². The van der Waals surface area contributed by atoms with Crippen LogP contribution in [-0.2, 0) is 0 Å². The van der Waals surface area contributed by atoms with Crippen molar-refractivity contribution in [1.29, 1.82) is 0 Å². The van der Waals surface area contributed by atoms with Crippen LogP contribution >= 0.6 is 0 Å². The molecule has 1 N–H and O–H groups in total. The molecule has 8 atom stereocenters. The van der Waals surface area contributed by atoms with Gasteiger partial charge in [-0.25, -0.2) is 4.79 Å². The predicted molar refractivity (Wildman–Crippen MR) is 156 cm³/mol. The number of nitrogens with zero attached hydrogens (tertiary/aromatic N) is 1. The normalized spacial score (nSPS) is 45.4. The third-order valence-electron chi connectivity index (χ3n) is 14.2. The topological polar surface area (TPSA) is 40.5 Å². The second-order valence-electron chi connectivity index (χ2n) is 15.6. The van der Waals surface area contributed by atoms with Crippen LogP contribution in [-0.4, -0.2) is 35.6 Å². The van der Waals surface area contributed by atoms with Crippen molar-refractivity contribution >= 4 is 11.5 Å². The molecular formula is C35H51NO2. The summed E-state index contributed by atoms with van der Waals surface area (Å²) in [5.74, 6) is 2.33. The Kier molecular flexibility index (Phi) is 5.91. The summed E-state index contributed by atoms with van der Waals surface area (Å²) < 4.78 is 0. The zero-order valence-electron chi connectivity index (χ0n) is 25.1. The standard InChI is InChI=1S/C35H51NO2/c1-31(2)25(23-10-12-24(13-11-23)30(37)38)16-19-32(3)28(31)17-20-34(5)29(32)15-14-26-27-9-8-18-35(27,36(6)7)22-21-33(26,34)4/h10-13,16,26-29H,8-9,14-15,17-22H2,1-7H3,(H,37,38)/t26?,27?,28?,29?,32?,33-,34?,35?/m1/s1. The number of rotatable bonds is 3. The van der Waals surface area contributed by atoms with Crippen molar-refractivity contribution in [3.05, 3.63) is 41.5 Å². The van der Waals surface area contributed by atoms with Crippen molar-refractivity contribution in [2.45, 2.75) is 104 Å². The van der Waals surface area contributed by atoms with Crippen molar-refractivity contribution in [3.8, 4) is 0 Å². The number of aromatic carboxylic acids is 1. The molecule has 0 saturated heterocycles. The molecule has 208 valence electrons. The highest BCUT2D eigenvalue weighted by Crippen LogP contribution is 2.76. The number of carboxylic acids is 1. The molecule has 4 fully saturated rings. The fourth-order valence-corrected chi connectivity index (χ4v) is 12.2. The first kappa shape index (κ1) is 26.6. The third kappa shape index (κ3) is 3.26. The Morgan fingerprint density at radius 2 is 1.53 bits per heavy atom. The number of fused-ring (bicyclic) bond motifs is 7. The Morgan fingerprint density at radius 1 is 0.816 bits per heavy atom. The van der Waals surface area contributed by atoms with E-state index in [2.05, 4.69) is 59.7 Å². The van der Waals surface area contributed by atoms with Crippen LogP contribution in [0.4, 0.5) is 0 Å². The first-order chi connectivity index (χ1) is 17.8. The van der Waals surface area contributed by atoms with Crippen molar-refractivity contribution in [1.82, 2.24) is 4.90 Å². The molecule has 1 aromatic carbocycles. The minimum atomic E-state index is -0.847. The average molecular weight is 518 g/mol. The molecule has 0 radical (unpaired) electrons. The molecule has 3 nitrogen and oxygen atoms in total. The van der Waals surface area contributed by atoms with Crippen LogP contribution in [0.15, 0.2) is 30.3 Å². The maximum atomic E-state index is 11.4. The van der Waals surface area contributed by atoms with Gasteiger partial charge in [-0.3, -0.25) is 0 Å². The van der Waals surface area contributed by atoms with Crippen molar-refractivity contribution in [2.24, 2.45) is 45.3 Å². The van der Waals surface area contributed by atoms with E-state index in [4.69, 9.17) is 0 Å². The smallest absolute Gasteiger partial charge is 0.335 e. The molecule has 0 aromatic heterocycles. The van der Waals surface area contributed by atoms with Gasteiger partial charge in [0.2, 0.25) is 0 Å². The number of benzene rings is 1. The monoisotopic (exact) mass is 517 g/mol. The molecule has 5 aliphatic rings. The molecular weight excluding hydrogens is 466 g/mol. The second-order valence-corrected chi connectivity index (χ2v) is 15.6. The van der Waals surface area contributed by atoms with Gasteiger partial charge in [-0.2, -0.15) is 0 Å². The summed E-state index contributed by atoms with van der Waals surface area (Å²) in [6.07, 6.45) is 16.3. The van der Waals surface area contributed by atoms with Gasteiger partial charge in [-0.15, -0.1) is 0 Å². The molecule has 0 spiro atoms. The van der Waals surface area contributed by atoms with Gasteiger partial charge >= 0.3 is 5.97 Å². The lowest BCUT2D eigenvalue weighted by Gasteiger charge is -2.72. The number of hydrogen-bond acceptors (Lipinski definition) is 2. The third-order valence-corrected chi connectivity index (χ3v) is 14.2. The highest BCUT2D eigenvalue weighted by atomic mass is 16.4. The van der Waals surface area contributed by atoms with Gasteiger partial charge in [-0.1, -0.05) is 59.2 Å². The molecule has 0 heterocycles. The van der Waals surface area contributed by atoms with E-state index in [9.17, 15) is 9.90 Å². The van der Waals surface area contributed by atoms with Crippen LogP contribution in [0.1, 0.15) is 115 Å². The highest BCUT2D eigenvalue weighted by molar-refractivity contribution is 5.88. The molecule has 0 aliphatic heterocycles. The Labute approximate surface area is 231 Å². The van der Waals surface area contributed by atoms with E-state index in [1.165, 1.54) is 68.9 Å². The molecule has 4 saturated carbocycles. The summed E-state index contributed by atoms with van der Waals surface area (Å²) >= 11 is 0. The molecule has 7 unspecified atom stereocenters. The van der Waals surface area contributed by atoms with Crippen LogP contribution in [0.2, 0.25) is 0 Å². The number of carbonyl (C=O) groups is 1. The van der Waals surface area contributed by atoms with E-state index in [0.29, 0.717) is 33.3 Å². The van der Waals surface area contributed by atoms with Crippen LogP contribution in [0.3, 0.4) is 0 Å². The fraction of sp³-hybridized carbons (Fsp3) is 0.743. The lowest BCUT2D eigenvalue weighted by atomic mass is 9.33. The summed E-state index contributed by atoms with van der Waals surface area (Å²) in [5.41, 5.74) is 4.72. The van der Waals surface area contributed by atoms with Crippen LogP contribution in [0.5, 0.6) is 0 Å². The van der Waals surface area contributed by atoms with Gasteiger partial charge in [0.25, 0.3) is 0 Å². The number of hydrogen-bond donors (Lipinski definition) is 1. The van der Waals surface area contributed by atoms with Crippen molar-refractivity contribution in [2.75, 3.05) is 14.1 Å². The van der Waals surface area contributed by atoms with E-state index in [1.54, 1.807) is 12.1 Å². The molecule has 0 amide bonds. The van der Waals surface area contributed by atoms with E-state index >= 15 is 0 Å². The quantitative estimate of drug-likeness (QED) is 0.437. The van der Waals surface area contributed by atoms with Gasteiger partial charge in [0.15, 0.2) is 0 Å². The summed E-state index contributed by atoms with van der Waals surface area (Å²) in [4.78, 5) is 14.1. The Hall–Kier alpha value is -1.61. The highest BCUT2D eigenvalue weighted by Gasteiger charge is 2.69. The van der Waals surface area contributed by atoms with Crippen LogP contribution in [0.25, 0.3) is 5.57 Å². The van der Waals surface area contributed by atoms with Crippen LogP contribution < -0.4 is 0 Å². The van der Waals surface area contributed by atoms with Crippen LogP contribution in [0, 0.1) is 45.3 Å². The predicted octanol–water partition coefficient (Wildman–Crippen LogP) is 8.55.